The molecule has 0 bridgehead atoms. The third-order valence-electron chi connectivity index (χ3n) is 6.09. The van der Waals surface area contributed by atoms with Crippen LogP contribution in [0.4, 0.5) is 4.79 Å². The smallest absolute Gasteiger partial charge is 0.334 e. The van der Waals surface area contributed by atoms with Crippen molar-refractivity contribution in [2.24, 2.45) is 0 Å². The number of ether oxygens (including phenoxy) is 1. The van der Waals surface area contributed by atoms with Crippen molar-refractivity contribution >= 4 is 17.8 Å². The van der Waals surface area contributed by atoms with Crippen LogP contribution in [0.3, 0.4) is 0 Å². The molecular formula is C23H35N5O4. The fourth-order valence-corrected chi connectivity index (χ4v) is 4.41. The molecule has 2 aliphatic heterocycles. The van der Waals surface area contributed by atoms with Crippen LogP contribution in [0.15, 0.2) is 24.3 Å². The molecule has 3 rings (SSSR count). The van der Waals surface area contributed by atoms with Gasteiger partial charge in [0, 0.05) is 20.1 Å². The predicted octanol–water partition coefficient (Wildman–Crippen LogP) is 2.03. The molecule has 1 aromatic carbocycles. The van der Waals surface area contributed by atoms with Gasteiger partial charge in [0.25, 0.3) is 0 Å². The predicted molar refractivity (Wildman–Crippen MR) is 121 cm³/mol. The average molecular weight is 446 g/mol. The molecular weight excluding hydrogens is 410 g/mol. The first-order valence-electron chi connectivity index (χ1n) is 11.4. The molecule has 0 aromatic heterocycles. The van der Waals surface area contributed by atoms with Crippen molar-refractivity contribution in [3.8, 4) is 5.75 Å². The molecule has 9 heteroatoms. The van der Waals surface area contributed by atoms with Crippen LogP contribution in [-0.4, -0.2) is 83.7 Å². The Kier molecular flexibility index (Phi) is 7.95. The number of carbonyl (C=O) groups excluding carboxylic acids is 3. The largest absolute Gasteiger partial charge is 0.497 e. The zero-order valence-corrected chi connectivity index (χ0v) is 19.5. The van der Waals surface area contributed by atoms with E-state index in [-0.39, 0.29) is 24.4 Å². The number of likely N-dealkylation sites (N-methyl/N-ethyl adjacent to an activating group) is 1. The highest BCUT2D eigenvalue weighted by Gasteiger charge is 2.50. The maximum atomic E-state index is 13.2. The van der Waals surface area contributed by atoms with Crippen molar-refractivity contribution < 1.29 is 19.1 Å². The highest BCUT2D eigenvalue weighted by Crippen LogP contribution is 2.28. The maximum Gasteiger partial charge on any atom is 0.334 e. The summed E-state index contributed by atoms with van der Waals surface area (Å²) in [6.45, 7) is 5.47. The first kappa shape index (κ1) is 23.8. The van der Waals surface area contributed by atoms with Crippen LogP contribution in [0.25, 0.3) is 0 Å². The number of nitrogens with zero attached hydrogens (tertiary/aromatic N) is 4. The lowest BCUT2D eigenvalue weighted by Gasteiger charge is -2.54. The van der Waals surface area contributed by atoms with Crippen LogP contribution in [0.2, 0.25) is 0 Å². The lowest BCUT2D eigenvalue weighted by Crippen LogP contribution is -2.75. The van der Waals surface area contributed by atoms with Crippen LogP contribution >= 0.6 is 0 Å². The van der Waals surface area contributed by atoms with Crippen LogP contribution in [0, 0.1) is 0 Å². The van der Waals surface area contributed by atoms with Gasteiger partial charge in [-0.05, 0) is 30.5 Å². The minimum Gasteiger partial charge on any atom is -0.497 e. The molecule has 1 aromatic rings. The number of piperazine rings is 1. The Morgan fingerprint density at radius 3 is 2.50 bits per heavy atom. The van der Waals surface area contributed by atoms with Gasteiger partial charge in [-0.3, -0.25) is 9.59 Å². The van der Waals surface area contributed by atoms with E-state index >= 15 is 0 Å². The van der Waals surface area contributed by atoms with Crippen molar-refractivity contribution in [3.05, 3.63) is 29.8 Å². The lowest BCUT2D eigenvalue weighted by molar-refractivity contribution is -0.187. The first-order valence-corrected chi connectivity index (χ1v) is 11.4. The number of nitrogens with one attached hydrogen (secondary N) is 1. The van der Waals surface area contributed by atoms with E-state index in [1.54, 1.807) is 29.1 Å². The topological polar surface area (TPSA) is 85.4 Å². The molecule has 176 valence electrons. The van der Waals surface area contributed by atoms with Gasteiger partial charge in [0.1, 0.15) is 18.0 Å². The Morgan fingerprint density at radius 2 is 1.88 bits per heavy atom. The van der Waals surface area contributed by atoms with Gasteiger partial charge in [-0.2, -0.15) is 0 Å². The van der Waals surface area contributed by atoms with Gasteiger partial charge in [0.05, 0.1) is 20.2 Å². The summed E-state index contributed by atoms with van der Waals surface area (Å²) in [5.74, 6) is 0.637. The number of methoxy groups -OCH3 is 1. The van der Waals surface area contributed by atoms with E-state index in [0.717, 1.165) is 30.6 Å². The minimum absolute atomic E-state index is 0.00644. The molecule has 0 unspecified atom stereocenters. The molecule has 2 atom stereocenters. The lowest BCUT2D eigenvalue weighted by atomic mass is 10.0. The number of unbranched alkanes of at least 4 members (excludes halogenated alkanes) is 1. The highest BCUT2D eigenvalue weighted by molar-refractivity contribution is 5.91. The molecule has 0 radical (unpaired) electrons. The van der Waals surface area contributed by atoms with E-state index in [1.165, 1.54) is 0 Å². The third-order valence-corrected chi connectivity index (χ3v) is 6.09. The molecule has 2 heterocycles. The van der Waals surface area contributed by atoms with Gasteiger partial charge in [-0.1, -0.05) is 38.8 Å². The molecule has 32 heavy (non-hydrogen) atoms. The second-order valence-corrected chi connectivity index (χ2v) is 8.39. The van der Waals surface area contributed by atoms with Gasteiger partial charge in [0.15, 0.2) is 0 Å². The van der Waals surface area contributed by atoms with E-state index in [2.05, 4.69) is 12.2 Å². The second-order valence-electron chi connectivity index (χ2n) is 8.39. The Hall–Kier alpha value is -2.81. The molecule has 1 N–H and O–H groups in total. The first-order chi connectivity index (χ1) is 15.4. The Labute approximate surface area is 190 Å². The SMILES string of the molecule is CCCCN1C[C@H]2N(C(=O)CN(C)N2C(=O)NCc2ccc(OC)cc2)[C@@H](CCC)C1=O. The van der Waals surface area contributed by atoms with E-state index in [1.807, 2.05) is 36.1 Å². The molecule has 4 amide bonds. The number of benzene rings is 1. The van der Waals surface area contributed by atoms with Gasteiger partial charge >= 0.3 is 6.03 Å². The van der Waals surface area contributed by atoms with Crippen LogP contribution < -0.4 is 10.1 Å². The van der Waals surface area contributed by atoms with E-state index in [4.69, 9.17) is 4.74 Å². The maximum absolute atomic E-state index is 13.2. The molecule has 2 saturated heterocycles. The van der Waals surface area contributed by atoms with Crippen molar-refractivity contribution in [2.45, 2.75) is 58.3 Å². The van der Waals surface area contributed by atoms with Crippen LogP contribution in [0.1, 0.15) is 45.1 Å². The number of rotatable bonds is 8. The standard InChI is InChI=1S/C23H35N5O4/c1-5-7-13-26-15-20-27(19(8-6-2)22(26)30)21(29)16-25(3)28(20)23(31)24-14-17-9-11-18(32-4)12-10-17/h9-12,19-20H,5-8,13-16H2,1-4H3,(H,24,31)/t19-,20-/m0/s1. The second kappa shape index (κ2) is 10.7. The summed E-state index contributed by atoms with van der Waals surface area (Å²) in [6, 6.07) is 6.70. The third kappa shape index (κ3) is 4.98. The molecule has 0 saturated carbocycles. The Bertz CT molecular complexity index is 815. The number of carbonyl (C=O) groups is 3. The molecule has 0 aliphatic carbocycles. The van der Waals surface area contributed by atoms with E-state index < -0.39 is 12.2 Å². The van der Waals surface area contributed by atoms with Crippen molar-refractivity contribution in [3.63, 3.8) is 0 Å². The molecule has 0 spiro atoms. The molecule has 2 fully saturated rings. The number of hydrazine groups is 1. The van der Waals surface area contributed by atoms with Gasteiger partial charge < -0.3 is 19.9 Å². The summed E-state index contributed by atoms with van der Waals surface area (Å²) in [5.41, 5.74) is 0.944. The summed E-state index contributed by atoms with van der Waals surface area (Å²) in [5, 5.41) is 6.22. The van der Waals surface area contributed by atoms with E-state index in [0.29, 0.717) is 26.1 Å². The van der Waals surface area contributed by atoms with E-state index in [9.17, 15) is 14.4 Å². The zero-order chi connectivity index (χ0) is 23.3. The van der Waals surface area contributed by atoms with Gasteiger partial charge in [0.2, 0.25) is 11.8 Å². The van der Waals surface area contributed by atoms with Crippen molar-refractivity contribution in [1.82, 2.24) is 25.1 Å². The van der Waals surface area contributed by atoms with Crippen LogP contribution in [0.5, 0.6) is 5.75 Å². The monoisotopic (exact) mass is 445 g/mol. The summed E-state index contributed by atoms with van der Waals surface area (Å²) in [6.07, 6.45) is 2.73. The number of fused-ring (bicyclic) bond motifs is 1. The number of hydrogen-bond donors (Lipinski definition) is 1. The summed E-state index contributed by atoms with van der Waals surface area (Å²) in [7, 11) is 3.35. The van der Waals surface area contributed by atoms with Gasteiger partial charge in [-0.15, -0.1) is 0 Å². The Morgan fingerprint density at radius 1 is 1.16 bits per heavy atom. The molecule has 2 aliphatic rings. The fraction of sp³-hybridized carbons (Fsp3) is 0.609. The zero-order valence-electron chi connectivity index (χ0n) is 19.5. The van der Waals surface area contributed by atoms with Crippen molar-refractivity contribution in [2.75, 3.05) is 33.8 Å². The average Bonchev–Trinajstić information content (AvgIpc) is 2.78. The summed E-state index contributed by atoms with van der Waals surface area (Å²) >= 11 is 0. The summed E-state index contributed by atoms with van der Waals surface area (Å²) < 4.78 is 5.18. The summed E-state index contributed by atoms with van der Waals surface area (Å²) in [4.78, 5) is 42.8. The number of hydrogen-bond acceptors (Lipinski definition) is 5. The fourth-order valence-electron chi connectivity index (χ4n) is 4.41. The molecule has 9 nitrogen and oxygen atoms in total. The number of urea groups is 1. The minimum atomic E-state index is -0.520. The highest BCUT2D eigenvalue weighted by atomic mass is 16.5. The van der Waals surface area contributed by atoms with Crippen LogP contribution in [-0.2, 0) is 16.1 Å². The quantitative estimate of drug-likeness (QED) is 0.662. The number of amides is 4. The van der Waals surface area contributed by atoms with Crippen molar-refractivity contribution in [1.29, 1.82) is 0 Å². The Balaban J connectivity index is 1.79. The van der Waals surface area contributed by atoms with Gasteiger partial charge in [-0.25, -0.2) is 14.8 Å². The normalized spacial score (nSPS) is 21.6.